The molecule has 1 aromatic carbocycles. The summed E-state index contributed by atoms with van der Waals surface area (Å²) in [6, 6.07) is 6.28. The number of rotatable bonds is 4. The smallest absolute Gasteiger partial charge is 0.263 e. The Labute approximate surface area is 122 Å². The highest BCUT2D eigenvalue weighted by Gasteiger charge is 2.19. The van der Waals surface area contributed by atoms with Crippen LogP contribution >= 0.6 is 0 Å². The van der Waals surface area contributed by atoms with Crippen molar-refractivity contribution in [3.05, 3.63) is 35.5 Å². The van der Waals surface area contributed by atoms with E-state index in [0.717, 1.165) is 5.69 Å². The van der Waals surface area contributed by atoms with Crippen LogP contribution in [0.5, 0.6) is 0 Å². The van der Waals surface area contributed by atoms with Crippen LogP contribution in [0.25, 0.3) is 0 Å². The molecule has 3 N–H and O–H groups in total. The molecule has 0 aliphatic carbocycles. The molecule has 21 heavy (non-hydrogen) atoms. The molecule has 0 fully saturated rings. The topological polar surface area (TPSA) is 104 Å². The molecule has 0 bridgehead atoms. The lowest BCUT2D eigenvalue weighted by Gasteiger charge is -2.10. The van der Waals surface area contributed by atoms with E-state index < -0.39 is 10.0 Å². The molecule has 112 valence electrons. The van der Waals surface area contributed by atoms with Gasteiger partial charge in [-0.1, -0.05) is 6.07 Å². The summed E-state index contributed by atoms with van der Waals surface area (Å²) in [5, 5.41) is 9.06. The van der Waals surface area contributed by atoms with Gasteiger partial charge in [-0.15, -0.1) is 0 Å². The Morgan fingerprint density at radius 3 is 2.52 bits per heavy atom. The van der Waals surface area contributed by atoms with Crippen LogP contribution in [-0.4, -0.2) is 24.5 Å². The Balaban J connectivity index is 2.36. The molecule has 7 nitrogen and oxygen atoms in total. The van der Waals surface area contributed by atoms with Crippen LogP contribution in [0, 0.1) is 13.8 Å². The Kier molecular flexibility index (Phi) is 3.99. The number of hydrogen-bond acceptors (Lipinski definition) is 4. The van der Waals surface area contributed by atoms with Gasteiger partial charge < -0.3 is 5.32 Å². The van der Waals surface area contributed by atoms with Crippen LogP contribution in [0.2, 0.25) is 0 Å². The minimum absolute atomic E-state index is 0.0920. The molecule has 0 spiro atoms. The van der Waals surface area contributed by atoms with Crippen LogP contribution in [0.15, 0.2) is 29.2 Å². The van der Waals surface area contributed by atoms with Crippen molar-refractivity contribution in [2.24, 2.45) is 0 Å². The lowest BCUT2D eigenvalue weighted by atomic mass is 10.2. The Morgan fingerprint density at radius 1 is 1.24 bits per heavy atom. The van der Waals surface area contributed by atoms with Gasteiger partial charge in [-0.25, -0.2) is 8.42 Å². The number of carbonyl (C=O) groups is 1. The molecular weight excluding hydrogens is 292 g/mol. The van der Waals surface area contributed by atoms with Crippen molar-refractivity contribution in [2.45, 2.75) is 25.7 Å². The number of aromatic nitrogens is 2. The highest BCUT2D eigenvalue weighted by molar-refractivity contribution is 7.92. The number of aromatic amines is 1. The Bertz CT molecular complexity index is 780. The van der Waals surface area contributed by atoms with Gasteiger partial charge in [0.25, 0.3) is 10.0 Å². The number of amides is 1. The van der Waals surface area contributed by atoms with Crippen LogP contribution in [0.1, 0.15) is 18.2 Å². The van der Waals surface area contributed by atoms with Gasteiger partial charge in [-0.2, -0.15) is 5.10 Å². The maximum Gasteiger partial charge on any atom is 0.263 e. The standard InChI is InChI=1S/C13H16N4O3S/c1-8-4-5-11(14-10(3)18)7-12(8)21(19,20)17-13-6-9(2)15-16-13/h4-7H,1-3H3,(H,14,18)(H2,15,16,17). The second kappa shape index (κ2) is 5.57. The van der Waals surface area contributed by atoms with Crippen LogP contribution in [0.3, 0.4) is 0 Å². The van der Waals surface area contributed by atoms with E-state index in [2.05, 4.69) is 20.2 Å². The van der Waals surface area contributed by atoms with E-state index in [9.17, 15) is 13.2 Å². The maximum absolute atomic E-state index is 12.4. The Morgan fingerprint density at radius 2 is 1.95 bits per heavy atom. The second-order valence-electron chi connectivity index (χ2n) is 4.70. The predicted octanol–water partition coefficient (Wildman–Crippen LogP) is 1.79. The SMILES string of the molecule is CC(=O)Nc1ccc(C)c(S(=O)(=O)Nc2cc(C)[nH]n2)c1. The average Bonchev–Trinajstić information content (AvgIpc) is 2.75. The monoisotopic (exact) mass is 308 g/mol. The molecule has 2 rings (SSSR count). The normalized spacial score (nSPS) is 11.2. The first-order valence-electron chi connectivity index (χ1n) is 6.21. The number of benzene rings is 1. The molecule has 1 aromatic heterocycles. The fourth-order valence-corrected chi connectivity index (χ4v) is 3.10. The van der Waals surface area contributed by atoms with Gasteiger partial charge in [0.05, 0.1) is 4.90 Å². The van der Waals surface area contributed by atoms with Gasteiger partial charge in [0.1, 0.15) is 0 Å². The zero-order valence-corrected chi connectivity index (χ0v) is 12.7. The lowest BCUT2D eigenvalue weighted by Crippen LogP contribution is -2.15. The number of H-pyrrole nitrogens is 1. The van der Waals surface area contributed by atoms with E-state index in [4.69, 9.17) is 0 Å². The Hall–Kier alpha value is -2.35. The highest BCUT2D eigenvalue weighted by atomic mass is 32.2. The molecule has 0 aliphatic heterocycles. The van der Waals surface area contributed by atoms with Crippen LogP contribution < -0.4 is 10.0 Å². The van der Waals surface area contributed by atoms with Gasteiger partial charge >= 0.3 is 0 Å². The summed E-state index contributed by atoms with van der Waals surface area (Å²) < 4.78 is 27.2. The summed E-state index contributed by atoms with van der Waals surface area (Å²) in [6.07, 6.45) is 0. The van der Waals surface area contributed by atoms with Gasteiger partial charge in [0.15, 0.2) is 5.82 Å². The van der Waals surface area contributed by atoms with Crippen LogP contribution in [0.4, 0.5) is 11.5 Å². The number of hydrogen-bond donors (Lipinski definition) is 3. The minimum atomic E-state index is -3.77. The lowest BCUT2D eigenvalue weighted by molar-refractivity contribution is -0.114. The number of nitrogens with one attached hydrogen (secondary N) is 3. The summed E-state index contributed by atoms with van der Waals surface area (Å²) in [7, 11) is -3.77. The van der Waals surface area contributed by atoms with Crippen molar-refractivity contribution in [1.29, 1.82) is 0 Å². The third-order valence-corrected chi connectivity index (χ3v) is 4.24. The van der Waals surface area contributed by atoms with Crippen molar-refractivity contribution in [3.63, 3.8) is 0 Å². The van der Waals surface area contributed by atoms with E-state index in [0.29, 0.717) is 11.3 Å². The molecule has 0 atom stereocenters. The van der Waals surface area contributed by atoms with Crippen molar-refractivity contribution in [1.82, 2.24) is 10.2 Å². The highest BCUT2D eigenvalue weighted by Crippen LogP contribution is 2.22. The van der Waals surface area contributed by atoms with E-state index in [1.54, 1.807) is 32.0 Å². The number of sulfonamides is 1. The first kappa shape index (κ1) is 15.0. The molecule has 0 aliphatic rings. The van der Waals surface area contributed by atoms with E-state index in [1.807, 2.05) is 0 Å². The molecule has 0 saturated heterocycles. The van der Waals surface area contributed by atoms with Crippen molar-refractivity contribution in [2.75, 3.05) is 10.0 Å². The summed E-state index contributed by atoms with van der Waals surface area (Å²) in [6.45, 7) is 4.81. The van der Waals surface area contributed by atoms with Gasteiger partial charge in [-0.3, -0.25) is 14.6 Å². The van der Waals surface area contributed by atoms with E-state index in [1.165, 1.54) is 13.0 Å². The molecule has 8 heteroatoms. The fourth-order valence-electron chi connectivity index (χ4n) is 1.83. The van der Waals surface area contributed by atoms with Crippen molar-refractivity contribution >= 4 is 27.4 Å². The average molecular weight is 308 g/mol. The predicted molar refractivity (Wildman–Crippen MR) is 79.6 cm³/mol. The minimum Gasteiger partial charge on any atom is -0.326 e. The number of carbonyl (C=O) groups excluding carboxylic acids is 1. The van der Waals surface area contributed by atoms with Crippen molar-refractivity contribution in [3.8, 4) is 0 Å². The third-order valence-electron chi connectivity index (χ3n) is 2.74. The van der Waals surface area contributed by atoms with Gasteiger partial charge in [0.2, 0.25) is 5.91 Å². The summed E-state index contributed by atoms with van der Waals surface area (Å²) in [5.74, 6) is -0.0464. The number of anilines is 2. The number of aryl methyl sites for hydroxylation is 2. The van der Waals surface area contributed by atoms with Crippen molar-refractivity contribution < 1.29 is 13.2 Å². The molecule has 1 heterocycles. The van der Waals surface area contributed by atoms with Gasteiger partial charge in [0, 0.05) is 24.4 Å². The summed E-state index contributed by atoms with van der Waals surface area (Å²) in [4.78, 5) is 11.2. The summed E-state index contributed by atoms with van der Waals surface area (Å²) >= 11 is 0. The van der Waals surface area contributed by atoms with E-state index >= 15 is 0 Å². The maximum atomic E-state index is 12.4. The first-order chi connectivity index (χ1) is 9.78. The zero-order valence-electron chi connectivity index (χ0n) is 11.9. The number of nitrogens with zero attached hydrogens (tertiary/aromatic N) is 1. The molecule has 2 aromatic rings. The molecule has 0 saturated carbocycles. The molecular formula is C13H16N4O3S. The van der Waals surface area contributed by atoms with E-state index in [-0.39, 0.29) is 16.6 Å². The molecule has 0 radical (unpaired) electrons. The fraction of sp³-hybridized carbons (Fsp3) is 0.231. The van der Waals surface area contributed by atoms with Crippen LogP contribution in [-0.2, 0) is 14.8 Å². The zero-order chi connectivity index (χ0) is 15.6. The first-order valence-corrected chi connectivity index (χ1v) is 7.69. The van der Waals surface area contributed by atoms with Gasteiger partial charge in [-0.05, 0) is 31.5 Å². The molecule has 1 amide bonds. The third kappa shape index (κ3) is 3.60. The molecule has 0 unspecified atom stereocenters. The second-order valence-corrected chi connectivity index (χ2v) is 6.35. The summed E-state index contributed by atoms with van der Waals surface area (Å²) in [5.41, 5.74) is 1.74. The largest absolute Gasteiger partial charge is 0.326 e. The quantitative estimate of drug-likeness (QED) is 0.801.